The van der Waals surface area contributed by atoms with Gasteiger partial charge in [0.15, 0.2) is 0 Å². The van der Waals surface area contributed by atoms with Crippen LogP contribution < -0.4 is 4.90 Å². The fourth-order valence-corrected chi connectivity index (χ4v) is 4.09. The van der Waals surface area contributed by atoms with E-state index in [1.54, 1.807) is 52.5 Å². The first kappa shape index (κ1) is 18.6. The largest absolute Gasteiger partial charge is 0.338 e. The highest BCUT2D eigenvalue weighted by Crippen LogP contribution is 2.26. The van der Waals surface area contributed by atoms with Crippen LogP contribution in [0, 0.1) is 0 Å². The van der Waals surface area contributed by atoms with Gasteiger partial charge in [-0.05, 0) is 47.0 Å². The molecule has 1 aromatic heterocycles. The van der Waals surface area contributed by atoms with Gasteiger partial charge in [-0.3, -0.25) is 14.6 Å². The number of carbonyl (C=O) groups excluding carboxylic acids is 3. The zero-order valence-corrected chi connectivity index (χ0v) is 16.7. The topological polar surface area (TPSA) is 73.8 Å². The lowest BCUT2D eigenvalue weighted by atomic mass is 10.0. The maximum Gasteiger partial charge on any atom is 0.332 e. The van der Waals surface area contributed by atoms with E-state index >= 15 is 0 Å². The molecule has 4 amide bonds. The predicted octanol–water partition coefficient (Wildman–Crippen LogP) is 2.92. The summed E-state index contributed by atoms with van der Waals surface area (Å²) >= 11 is 3.33. The number of piperidine rings is 1. The van der Waals surface area contributed by atoms with Crippen LogP contribution in [0.25, 0.3) is 0 Å². The third-order valence-electron chi connectivity index (χ3n) is 5.15. The molecule has 2 aromatic rings. The summed E-state index contributed by atoms with van der Waals surface area (Å²) in [7, 11) is 0. The number of urea groups is 1. The van der Waals surface area contributed by atoms with E-state index in [0.29, 0.717) is 37.2 Å². The van der Waals surface area contributed by atoms with Crippen molar-refractivity contribution in [3.05, 3.63) is 58.8 Å². The van der Waals surface area contributed by atoms with Gasteiger partial charge in [0.2, 0.25) is 0 Å². The number of hydrogen-bond donors (Lipinski definition) is 0. The summed E-state index contributed by atoms with van der Waals surface area (Å²) in [4.78, 5) is 46.6. The highest BCUT2D eigenvalue weighted by atomic mass is 79.9. The second-order valence-corrected chi connectivity index (χ2v) is 7.81. The Hall–Kier alpha value is -2.74. The van der Waals surface area contributed by atoms with E-state index in [2.05, 4.69) is 20.9 Å². The number of aromatic nitrogens is 1. The number of pyridine rings is 1. The normalized spacial score (nSPS) is 18.1. The second-order valence-electron chi connectivity index (χ2n) is 6.89. The van der Waals surface area contributed by atoms with Crippen molar-refractivity contribution in [1.29, 1.82) is 0 Å². The Morgan fingerprint density at radius 2 is 1.79 bits per heavy atom. The van der Waals surface area contributed by atoms with Crippen LogP contribution in [0.5, 0.6) is 0 Å². The Morgan fingerprint density at radius 3 is 2.46 bits per heavy atom. The third-order valence-corrected chi connectivity index (χ3v) is 5.58. The van der Waals surface area contributed by atoms with E-state index in [-0.39, 0.29) is 30.4 Å². The zero-order valence-electron chi connectivity index (χ0n) is 15.1. The molecule has 0 saturated carbocycles. The highest BCUT2D eigenvalue weighted by Gasteiger charge is 2.41. The molecule has 7 nitrogen and oxygen atoms in total. The first-order valence-corrected chi connectivity index (χ1v) is 9.92. The monoisotopic (exact) mass is 442 g/mol. The Kier molecular flexibility index (Phi) is 5.13. The van der Waals surface area contributed by atoms with Gasteiger partial charge < -0.3 is 9.80 Å². The molecule has 0 bridgehead atoms. The molecule has 3 heterocycles. The molecular formula is C20H19BrN4O3. The summed E-state index contributed by atoms with van der Waals surface area (Å²) in [6.45, 7) is 1.17. The molecule has 28 heavy (non-hydrogen) atoms. The summed E-state index contributed by atoms with van der Waals surface area (Å²) < 4.78 is 0.760. The number of benzene rings is 1. The van der Waals surface area contributed by atoms with Gasteiger partial charge in [-0.25, -0.2) is 9.69 Å². The molecule has 0 spiro atoms. The number of halogens is 1. The van der Waals surface area contributed by atoms with Crippen molar-refractivity contribution in [1.82, 2.24) is 14.8 Å². The number of hydrogen-bond acceptors (Lipinski definition) is 4. The van der Waals surface area contributed by atoms with Gasteiger partial charge in [0.25, 0.3) is 11.8 Å². The first-order chi connectivity index (χ1) is 13.5. The minimum Gasteiger partial charge on any atom is -0.338 e. The summed E-state index contributed by atoms with van der Waals surface area (Å²) in [5, 5.41) is 0. The van der Waals surface area contributed by atoms with Crippen LogP contribution in [0.3, 0.4) is 0 Å². The fourth-order valence-electron chi connectivity index (χ4n) is 3.73. The summed E-state index contributed by atoms with van der Waals surface area (Å²) in [5.41, 5.74) is 1.13. The number of carbonyl (C=O) groups is 3. The van der Waals surface area contributed by atoms with E-state index in [0.717, 1.165) is 4.47 Å². The van der Waals surface area contributed by atoms with Crippen molar-refractivity contribution < 1.29 is 14.4 Å². The molecule has 8 heteroatoms. The number of amides is 4. The average Bonchev–Trinajstić information content (AvgIpc) is 3.02. The Labute approximate surface area is 171 Å². The van der Waals surface area contributed by atoms with E-state index in [9.17, 15) is 14.4 Å². The Balaban J connectivity index is 1.41. The van der Waals surface area contributed by atoms with E-state index < -0.39 is 0 Å². The second kappa shape index (κ2) is 7.71. The van der Waals surface area contributed by atoms with Crippen LogP contribution in [0.4, 0.5) is 10.5 Å². The van der Waals surface area contributed by atoms with Crippen LogP contribution in [0.1, 0.15) is 23.2 Å². The number of para-hydroxylation sites is 1. The molecule has 0 N–H and O–H groups in total. The maximum atomic E-state index is 12.8. The van der Waals surface area contributed by atoms with Gasteiger partial charge in [-0.15, -0.1) is 0 Å². The first-order valence-electron chi connectivity index (χ1n) is 9.13. The zero-order chi connectivity index (χ0) is 19.7. The van der Waals surface area contributed by atoms with Crippen LogP contribution in [0.15, 0.2) is 53.3 Å². The van der Waals surface area contributed by atoms with Crippen molar-refractivity contribution in [3.8, 4) is 0 Å². The van der Waals surface area contributed by atoms with Crippen LogP contribution in [-0.2, 0) is 4.79 Å². The van der Waals surface area contributed by atoms with Gasteiger partial charge in [0, 0.05) is 36.0 Å². The van der Waals surface area contributed by atoms with E-state index in [4.69, 9.17) is 0 Å². The summed E-state index contributed by atoms with van der Waals surface area (Å²) in [5.74, 6) is -0.281. The number of rotatable bonds is 3. The van der Waals surface area contributed by atoms with Crippen LogP contribution >= 0.6 is 15.9 Å². The molecule has 2 saturated heterocycles. The van der Waals surface area contributed by atoms with Gasteiger partial charge in [0.1, 0.15) is 6.54 Å². The van der Waals surface area contributed by atoms with Crippen molar-refractivity contribution in [2.45, 2.75) is 18.9 Å². The van der Waals surface area contributed by atoms with Crippen LogP contribution in [0.2, 0.25) is 0 Å². The molecular weight excluding hydrogens is 424 g/mol. The predicted molar refractivity (Wildman–Crippen MR) is 107 cm³/mol. The van der Waals surface area contributed by atoms with E-state index in [1.165, 1.54) is 4.90 Å². The minimum absolute atomic E-state index is 0.0464. The molecule has 2 fully saturated rings. The number of anilines is 1. The fraction of sp³-hybridized carbons (Fsp3) is 0.300. The van der Waals surface area contributed by atoms with Crippen molar-refractivity contribution in [2.75, 3.05) is 24.5 Å². The molecule has 144 valence electrons. The lowest BCUT2D eigenvalue weighted by Gasteiger charge is -2.36. The summed E-state index contributed by atoms with van der Waals surface area (Å²) in [6, 6.07) is 10.4. The van der Waals surface area contributed by atoms with Gasteiger partial charge in [0.05, 0.1) is 11.3 Å². The quantitative estimate of drug-likeness (QED) is 0.684. The maximum absolute atomic E-state index is 12.8. The van der Waals surface area contributed by atoms with Gasteiger partial charge in [-0.2, -0.15) is 0 Å². The molecule has 0 unspecified atom stereocenters. The van der Waals surface area contributed by atoms with Gasteiger partial charge >= 0.3 is 6.03 Å². The minimum atomic E-state index is -0.280. The van der Waals surface area contributed by atoms with Crippen molar-refractivity contribution in [2.24, 2.45) is 0 Å². The highest BCUT2D eigenvalue weighted by molar-refractivity contribution is 9.10. The lowest BCUT2D eigenvalue weighted by Crippen LogP contribution is -2.48. The molecule has 0 atom stereocenters. The average molecular weight is 443 g/mol. The lowest BCUT2D eigenvalue weighted by molar-refractivity contribution is -0.116. The molecule has 1 aromatic carbocycles. The molecule has 2 aliphatic heterocycles. The van der Waals surface area contributed by atoms with Gasteiger partial charge in [-0.1, -0.05) is 18.2 Å². The standard InChI is InChI=1S/C20H19BrN4O3/c21-15-10-14(11-22-12-15)19(27)23-8-6-16(7-9-23)24-13-18(26)25(20(24)28)17-4-2-1-3-5-17/h1-5,10-12,16H,6-9,13H2. The molecule has 2 aliphatic rings. The number of nitrogens with zero attached hydrogens (tertiary/aromatic N) is 4. The Bertz CT molecular complexity index is 913. The smallest absolute Gasteiger partial charge is 0.332 e. The number of imide groups is 1. The number of likely N-dealkylation sites (tertiary alicyclic amines) is 1. The Morgan fingerprint density at radius 1 is 1.07 bits per heavy atom. The van der Waals surface area contributed by atoms with Crippen molar-refractivity contribution >= 4 is 39.5 Å². The molecule has 4 rings (SSSR count). The van der Waals surface area contributed by atoms with E-state index in [1.807, 2.05) is 6.07 Å². The third kappa shape index (κ3) is 3.52. The van der Waals surface area contributed by atoms with Crippen LogP contribution in [-0.4, -0.2) is 58.3 Å². The SMILES string of the molecule is O=C(c1cncc(Br)c1)N1CCC(N2CC(=O)N(c3ccccc3)C2=O)CC1. The molecule has 0 radical (unpaired) electrons. The van der Waals surface area contributed by atoms with Crippen molar-refractivity contribution in [3.63, 3.8) is 0 Å². The molecule has 0 aliphatic carbocycles. The summed E-state index contributed by atoms with van der Waals surface area (Å²) in [6.07, 6.45) is 4.49.